The molecule has 0 aliphatic carbocycles. The zero-order valence-corrected chi connectivity index (χ0v) is 8.17. The van der Waals surface area contributed by atoms with Gasteiger partial charge in [-0.3, -0.25) is 4.98 Å². The predicted molar refractivity (Wildman–Crippen MR) is 53.4 cm³/mol. The Bertz CT molecular complexity index is 293. The van der Waals surface area contributed by atoms with E-state index in [0.29, 0.717) is 6.04 Å². The van der Waals surface area contributed by atoms with Crippen molar-refractivity contribution in [2.45, 2.75) is 31.7 Å². The van der Waals surface area contributed by atoms with Crippen LogP contribution < -0.4 is 5.32 Å². The number of hydrogen-bond donors (Lipinski definition) is 1. The third kappa shape index (κ3) is 2.29. The van der Waals surface area contributed by atoms with E-state index >= 15 is 0 Å². The van der Waals surface area contributed by atoms with Crippen molar-refractivity contribution >= 4 is 0 Å². The van der Waals surface area contributed by atoms with E-state index in [9.17, 15) is 4.39 Å². The number of nitrogens with one attached hydrogen (secondary N) is 1. The van der Waals surface area contributed by atoms with Crippen molar-refractivity contribution in [2.75, 3.05) is 6.54 Å². The summed E-state index contributed by atoms with van der Waals surface area (Å²) in [6.07, 6.45) is 7.80. The van der Waals surface area contributed by atoms with Crippen LogP contribution in [-0.2, 0) is 0 Å². The maximum absolute atomic E-state index is 12.9. The SMILES string of the molecule is Fc1cncc(C2CCCCCN2)c1. The summed E-state index contributed by atoms with van der Waals surface area (Å²) in [4.78, 5) is 3.88. The lowest BCUT2D eigenvalue weighted by atomic mass is 10.0. The topological polar surface area (TPSA) is 24.9 Å². The van der Waals surface area contributed by atoms with Crippen molar-refractivity contribution in [3.05, 3.63) is 29.8 Å². The molecule has 1 aliphatic rings. The smallest absolute Gasteiger partial charge is 0.141 e. The highest BCUT2D eigenvalue weighted by molar-refractivity contribution is 5.15. The van der Waals surface area contributed by atoms with Gasteiger partial charge in [0.25, 0.3) is 0 Å². The van der Waals surface area contributed by atoms with Gasteiger partial charge in [-0.2, -0.15) is 0 Å². The van der Waals surface area contributed by atoms with Crippen LogP contribution in [0.3, 0.4) is 0 Å². The fourth-order valence-corrected chi connectivity index (χ4v) is 1.93. The molecule has 2 heterocycles. The molecule has 76 valence electrons. The fourth-order valence-electron chi connectivity index (χ4n) is 1.93. The minimum Gasteiger partial charge on any atom is -0.310 e. The van der Waals surface area contributed by atoms with Crippen LogP contribution in [-0.4, -0.2) is 11.5 Å². The van der Waals surface area contributed by atoms with Crippen LogP contribution in [0.5, 0.6) is 0 Å². The molecule has 2 nitrogen and oxygen atoms in total. The first-order valence-electron chi connectivity index (χ1n) is 5.20. The maximum Gasteiger partial charge on any atom is 0.141 e. The van der Waals surface area contributed by atoms with Crippen LogP contribution in [0.2, 0.25) is 0 Å². The third-order valence-electron chi connectivity index (χ3n) is 2.69. The van der Waals surface area contributed by atoms with E-state index < -0.39 is 0 Å². The average molecular weight is 194 g/mol. The zero-order chi connectivity index (χ0) is 9.80. The Labute approximate surface area is 83.6 Å². The molecule has 2 rings (SSSR count). The Morgan fingerprint density at radius 1 is 1.29 bits per heavy atom. The van der Waals surface area contributed by atoms with Crippen LogP contribution >= 0.6 is 0 Å². The first-order chi connectivity index (χ1) is 6.86. The van der Waals surface area contributed by atoms with Gasteiger partial charge >= 0.3 is 0 Å². The summed E-state index contributed by atoms with van der Waals surface area (Å²) >= 11 is 0. The number of aromatic nitrogens is 1. The third-order valence-corrected chi connectivity index (χ3v) is 2.69. The molecule has 1 fully saturated rings. The van der Waals surface area contributed by atoms with Gasteiger partial charge in [0.1, 0.15) is 5.82 Å². The van der Waals surface area contributed by atoms with Crippen LogP contribution in [0.15, 0.2) is 18.5 Å². The van der Waals surface area contributed by atoms with E-state index in [4.69, 9.17) is 0 Å². The predicted octanol–water partition coefficient (Wildman–Crippen LogP) is 2.43. The Kier molecular flexibility index (Phi) is 3.09. The van der Waals surface area contributed by atoms with E-state index in [-0.39, 0.29) is 5.82 Å². The number of rotatable bonds is 1. The van der Waals surface area contributed by atoms with Gasteiger partial charge in [0, 0.05) is 12.2 Å². The van der Waals surface area contributed by atoms with Crippen LogP contribution in [0.25, 0.3) is 0 Å². The molecule has 1 aromatic rings. The number of pyridine rings is 1. The van der Waals surface area contributed by atoms with Gasteiger partial charge in [-0.25, -0.2) is 4.39 Å². The Balaban J connectivity index is 2.12. The van der Waals surface area contributed by atoms with Crippen molar-refractivity contribution in [1.29, 1.82) is 0 Å². The number of nitrogens with zero attached hydrogens (tertiary/aromatic N) is 1. The normalized spacial score (nSPS) is 23.1. The average Bonchev–Trinajstić information content (AvgIpc) is 2.45. The van der Waals surface area contributed by atoms with E-state index in [1.165, 1.54) is 25.5 Å². The quantitative estimate of drug-likeness (QED) is 0.742. The monoisotopic (exact) mass is 194 g/mol. The molecule has 1 aliphatic heterocycles. The zero-order valence-electron chi connectivity index (χ0n) is 8.17. The van der Waals surface area contributed by atoms with Crippen LogP contribution in [0.1, 0.15) is 37.3 Å². The van der Waals surface area contributed by atoms with Gasteiger partial charge in [-0.05, 0) is 31.0 Å². The molecule has 1 saturated heterocycles. The molecule has 1 aromatic heterocycles. The van der Waals surface area contributed by atoms with Crippen LogP contribution in [0, 0.1) is 5.82 Å². The second kappa shape index (κ2) is 4.51. The second-order valence-corrected chi connectivity index (χ2v) is 3.79. The van der Waals surface area contributed by atoms with Crippen molar-refractivity contribution in [1.82, 2.24) is 10.3 Å². The highest BCUT2D eigenvalue weighted by atomic mass is 19.1. The van der Waals surface area contributed by atoms with Crippen LogP contribution in [0.4, 0.5) is 4.39 Å². The minimum absolute atomic E-state index is 0.242. The molecule has 0 amide bonds. The molecule has 1 atom stereocenters. The Hall–Kier alpha value is -0.960. The van der Waals surface area contributed by atoms with Gasteiger partial charge in [-0.1, -0.05) is 12.8 Å². The molecule has 0 saturated carbocycles. The van der Waals surface area contributed by atoms with Crippen molar-refractivity contribution in [2.24, 2.45) is 0 Å². The lowest BCUT2D eigenvalue weighted by Crippen LogP contribution is -2.20. The molecular formula is C11H15FN2. The van der Waals surface area contributed by atoms with Crippen molar-refractivity contribution in [3.8, 4) is 0 Å². The number of halogens is 1. The first-order valence-corrected chi connectivity index (χ1v) is 5.20. The van der Waals surface area contributed by atoms with Crippen molar-refractivity contribution in [3.63, 3.8) is 0 Å². The summed E-state index contributed by atoms with van der Waals surface area (Å²) in [5.74, 6) is -0.242. The van der Waals surface area contributed by atoms with Gasteiger partial charge in [0.15, 0.2) is 0 Å². The van der Waals surface area contributed by atoms with Gasteiger partial charge in [0.2, 0.25) is 0 Å². The first kappa shape index (κ1) is 9.59. The Morgan fingerprint density at radius 2 is 2.21 bits per heavy atom. The lowest BCUT2D eigenvalue weighted by molar-refractivity contribution is 0.526. The standard InChI is InChI=1S/C11H15FN2/c12-10-6-9(7-13-8-10)11-4-2-1-3-5-14-11/h6-8,11,14H,1-5H2. The summed E-state index contributed by atoms with van der Waals surface area (Å²) in [6, 6.07) is 1.87. The molecule has 1 unspecified atom stereocenters. The van der Waals surface area contributed by atoms with E-state index in [1.807, 2.05) is 0 Å². The highest BCUT2D eigenvalue weighted by Crippen LogP contribution is 2.22. The van der Waals surface area contributed by atoms with Gasteiger partial charge in [0.05, 0.1) is 6.20 Å². The summed E-state index contributed by atoms with van der Waals surface area (Å²) in [5, 5.41) is 3.42. The molecule has 14 heavy (non-hydrogen) atoms. The molecule has 3 heteroatoms. The fraction of sp³-hybridized carbons (Fsp3) is 0.545. The molecular weight excluding hydrogens is 179 g/mol. The largest absolute Gasteiger partial charge is 0.310 e. The lowest BCUT2D eigenvalue weighted by Gasteiger charge is -2.15. The molecule has 0 radical (unpaired) electrons. The van der Waals surface area contributed by atoms with Crippen molar-refractivity contribution < 1.29 is 4.39 Å². The molecule has 0 bridgehead atoms. The number of hydrogen-bond acceptors (Lipinski definition) is 2. The summed E-state index contributed by atoms with van der Waals surface area (Å²) in [7, 11) is 0. The molecule has 0 aromatic carbocycles. The minimum atomic E-state index is -0.242. The van der Waals surface area contributed by atoms with Gasteiger partial charge in [-0.15, -0.1) is 0 Å². The van der Waals surface area contributed by atoms with Gasteiger partial charge < -0.3 is 5.32 Å². The summed E-state index contributed by atoms with van der Waals surface area (Å²) in [5.41, 5.74) is 0.979. The summed E-state index contributed by atoms with van der Waals surface area (Å²) in [6.45, 7) is 1.03. The van der Waals surface area contributed by atoms with E-state index in [0.717, 1.165) is 18.5 Å². The molecule has 0 spiro atoms. The second-order valence-electron chi connectivity index (χ2n) is 3.79. The summed E-state index contributed by atoms with van der Waals surface area (Å²) < 4.78 is 12.9. The molecule has 1 N–H and O–H groups in total. The van der Waals surface area contributed by atoms with E-state index in [2.05, 4.69) is 10.3 Å². The maximum atomic E-state index is 12.9. The Morgan fingerprint density at radius 3 is 3.07 bits per heavy atom. The van der Waals surface area contributed by atoms with E-state index in [1.54, 1.807) is 12.3 Å². The highest BCUT2D eigenvalue weighted by Gasteiger charge is 2.13.